The van der Waals surface area contributed by atoms with Crippen LogP contribution in [0.3, 0.4) is 0 Å². The molecule has 4 rings (SSSR count). The van der Waals surface area contributed by atoms with Crippen molar-refractivity contribution in [3.05, 3.63) is 65.3 Å². The van der Waals surface area contributed by atoms with Crippen LogP contribution < -0.4 is 4.74 Å². The van der Waals surface area contributed by atoms with Crippen LogP contribution in [0.5, 0.6) is 5.75 Å². The molecule has 2 aliphatic carbocycles. The summed E-state index contributed by atoms with van der Waals surface area (Å²) in [4.78, 5) is 4.55. The van der Waals surface area contributed by atoms with Gasteiger partial charge in [0.25, 0.3) is 0 Å². The SMILES string of the molecule is FC(F)(F)Oc1cccc([C]2CCC2C2CCc3cccnc32)c1. The highest BCUT2D eigenvalue weighted by Crippen LogP contribution is 2.53. The van der Waals surface area contributed by atoms with Gasteiger partial charge in [0.05, 0.1) is 0 Å². The van der Waals surface area contributed by atoms with Crippen molar-refractivity contribution in [2.75, 3.05) is 0 Å². The van der Waals surface area contributed by atoms with Gasteiger partial charge in [-0.15, -0.1) is 13.2 Å². The Kier molecular flexibility index (Phi) is 3.74. The van der Waals surface area contributed by atoms with Gasteiger partial charge in [0, 0.05) is 23.7 Å². The number of aryl methyl sites for hydroxylation is 1. The van der Waals surface area contributed by atoms with E-state index in [2.05, 4.69) is 15.8 Å². The van der Waals surface area contributed by atoms with Crippen molar-refractivity contribution in [3.8, 4) is 5.75 Å². The third kappa shape index (κ3) is 2.87. The summed E-state index contributed by atoms with van der Waals surface area (Å²) in [5, 5.41) is 0. The molecule has 0 amide bonds. The lowest BCUT2D eigenvalue weighted by atomic mass is 9.63. The Bertz CT molecular complexity index is 743. The Labute approximate surface area is 138 Å². The minimum atomic E-state index is -4.66. The second kappa shape index (κ2) is 5.80. The van der Waals surface area contributed by atoms with Crippen LogP contribution in [0.1, 0.15) is 42.0 Å². The molecular formula is C19H17F3NO. The first-order valence-electron chi connectivity index (χ1n) is 8.17. The van der Waals surface area contributed by atoms with Crippen molar-refractivity contribution in [2.24, 2.45) is 5.92 Å². The van der Waals surface area contributed by atoms with Crippen molar-refractivity contribution in [1.82, 2.24) is 4.98 Å². The third-order valence-corrected chi connectivity index (χ3v) is 5.10. The molecule has 24 heavy (non-hydrogen) atoms. The Balaban J connectivity index is 1.55. The molecule has 2 aliphatic rings. The predicted molar refractivity (Wildman–Crippen MR) is 83.5 cm³/mol. The standard InChI is InChI=1S/C19H17F3NO/c20-19(21,22)24-14-5-1-3-13(11-14)15-8-9-16(15)17-7-6-12-4-2-10-23-18(12)17/h1-5,10-11,16-17H,6-9H2. The summed E-state index contributed by atoms with van der Waals surface area (Å²) in [6.45, 7) is 0. The number of rotatable bonds is 3. The van der Waals surface area contributed by atoms with Gasteiger partial charge in [0.1, 0.15) is 5.75 Å². The maximum Gasteiger partial charge on any atom is 0.573 e. The zero-order chi connectivity index (χ0) is 16.7. The number of fused-ring (bicyclic) bond motifs is 1. The van der Waals surface area contributed by atoms with Gasteiger partial charge < -0.3 is 4.74 Å². The van der Waals surface area contributed by atoms with E-state index in [0.29, 0.717) is 11.8 Å². The minimum Gasteiger partial charge on any atom is -0.406 e. The van der Waals surface area contributed by atoms with E-state index < -0.39 is 6.36 Å². The largest absolute Gasteiger partial charge is 0.573 e. The van der Waals surface area contributed by atoms with E-state index in [-0.39, 0.29) is 5.75 Å². The Morgan fingerprint density at radius 2 is 1.83 bits per heavy atom. The van der Waals surface area contributed by atoms with Crippen LogP contribution in [-0.2, 0) is 6.42 Å². The van der Waals surface area contributed by atoms with Crippen LogP contribution in [-0.4, -0.2) is 11.3 Å². The van der Waals surface area contributed by atoms with Gasteiger partial charge in [-0.1, -0.05) is 18.2 Å². The van der Waals surface area contributed by atoms with Crippen LogP contribution in [0.15, 0.2) is 42.6 Å². The monoisotopic (exact) mass is 332 g/mol. The van der Waals surface area contributed by atoms with E-state index in [1.807, 2.05) is 18.3 Å². The number of hydrogen-bond acceptors (Lipinski definition) is 2. The molecule has 1 radical (unpaired) electrons. The number of nitrogens with zero attached hydrogens (tertiary/aromatic N) is 1. The lowest BCUT2D eigenvalue weighted by Gasteiger charge is -2.40. The molecule has 2 atom stereocenters. The fourth-order valence-corrected chi connectivity index (χ4v) is 3.99. The van der Waals surface area contributed by atoms with Gasteiger partial charge in [-0.25, -0.2) is 0 Å². The lowest BCUT2D eigenvalue weighted by molar-refractivity contribution is -0.274. The molecule has 2 aromatic rings. The molecule has 1 saturated carbocycles. The molecule has 0 N–H and O–H groups in total. The molecule has 1 heterocycles. The summed E-state index contributed by atoms with van der Waals surface area (Å²) in [6, 6.07) is 10.4. The molecule has 1 fully saturated rings. The molecule has 0 saturated heterocycles. The van der Waals surface area contributed by atoms with Gasteiger partial charge >= 0.3 is 6.36 Å². The summed E-state index contributed by atoms with van der Waals surface area (Å²) >= 11 is 0. The number of hydrogen-bond donors (Lipinski definition) is 0. The maximum absolute atomic E-state index is 12.4. The predicted octanol–water partition coefficient (Wildman–Crippen LogP) is 5.04. The first kappa shape index (κ1) is 15.5. The first-order chi connectivity index (χ1) is 11.5. The summed E-state index contributed by atoms with van der Waals surface area (Å²) in [7, 11) is 0. The highest BCUT2D eigenvalue weighted by atomic mass is 19.4. The van der Waals surface area contributed by atoms with E-state index in [1.165, 1.54) is 29.3 Å². The average molecular weight is 332 g/mol. The lowest BCUT2D eigenvalue weighted by Crippen LogP contribution is -2.30. The molecule has 0 spiro atoms. The summed E-state index contributed by atoms with van der Waals surface area (Å²) in [5.74, 6) is 1.84. The molecule has 0 aliphatic heterocycles. The molecule has 0 bridgehead atoms. The van der Waals surface area contributed by atoms with Gasteiger partial charge in [-0.2, -0.15) is 0 Å². The van der Waals surface area contributed by atoms with Crippen molar-refractivity contribution in [3.63, 3.8) is 0 Å². The van der Waals surface area contributed by atoms with Gasteiger partial charge in [0.15, 0.2) is 0 Å². The average Bonchev–Trinajstić information content (AvgIpc) is 2.89. The highest BCUT2D eigenvalue weighted by Gasteiger charge is 2.42. The molecule has 2 unspecified atom stereocenters. The van der Waals surface area contributed by atoms with Crippen LogP contribution >= 0.6 is 0 Å². The van der Waals surface area contributed by atoms with Crippen LogP contribution in [0.25, 0.3) is 0 Å². The number of benzene rings is 1. The fourth-order valence-electron chi connectivity index (χ4n) is 3.99. The van der Waals surface area contributed by atoms with Crippen molar-refractivity contribution < 1.29 is 17.9 Å². The number of ether oxygens (including phenoxy) is 1. The van der Waals surface area contributed by atoms with Crippen molar-refractivity contribution in [2.45, 2.75) is 38.0 Å². The fraction of sp³-hybridized carbons (Fsp3) is 0.368. The van der Waals surface area contributed by atoms with Gasteiger partial charge in [0.2, 0.25) is 0 Å². The Hall–Kier alpha value is -2.04. The molecule has 125 valence electrons. The van der Waals surface area contributed by atoms with Crippen LogP contribution in [0, 0.1) is 11.8 Å². The van der Waals surface area contributed by atoms with Crippen LogP contribution in [0.2, 0.25) is 0 Å². The van der Waals surface area contributed by atoms with Crippen molar-refractivity contribution >= 4 is 0 Å². The van der Waals surface area contributed by atoms with Crippen LogP contribution in [0.4, 0.5) is 13.2 Å². The second-order valence-corrected chi connectivity index (χ2v) is 6.44. The first-order valence-corrected chi connectivity index (χ1v) is 8.17. The Morgan fingerprint density at radius 3 is 2.58 bits per heavy atom. The van der Waals surface area contributed by atoms with E-state index >= 15 is 0 Å². The van der Waals surface area contributed by atoms with Gasteiger partial charge in [-0.05, 0) is 60.9 Å². The quantitative estimate of drug-likeness (QED) is 0.785. The van der Waals surface area contributed by atoms with E-state index in [0.717, 1.165) is 31.2 Å². The number of halogens is 3. The summed E-state index contributed by atoms with van der Waals surface area (Å²) in [5.41, 5.74) is 3.34. The molecule has 1 aromatic carbocycles. The second-order valence-electron chi connectivity index (χ2n) is 6.44. The number of pyridine rings is 1. The number of aromatic nitrogens is 1. The topological polar surface area (TPSA) is 22.1 Å². The maximum atomic E-state index is 12.4. The molecular weight excluding hydrogens is 315 g/mol. The summed E-state index contributed by atoms with van der Waals surface area (Å²) in [6.07, 6.45) is 1.27. The third-order valence-electron chi connectivity index (χ3n) is 5.10. The van der Waals surface area contributed by atoms with Crippen molar-refractivity contribution in [1.29, 1.82) is 0 Å². The van der Waals surface area contributed by atoms with E-state index in [1.54, 1.807) is 6.07 Å². The zero-order valence-corrected chi connectivity index (χ0v) is 13.0. The number of alkyl halides is 3. The summed E-state index contributed by atoms with van der Waals surface area (Å²) < 4.78 is 41.3. The molecule has 2 nitrogen and oxygen atoms in total. The normalized spacial score (nSPS) is 23.6. The Morgan fingerprint density at radius 1 is 1.00 bits per heavy atom. The molecule has 5 heteroatoms. The zero-order valence-electron chi connectivity index (χ0n) is 13.0. The van der Waals surface area contributed by atoms with E-state index in [9.17, 15) is 13.2 Å². The van der Waals surface area contributed by atoms with Gasteiger partial charge in [-0.3, -0.25) is 4.98 Å². The molecule has 1 aromatic heterocycles. The van der Waals surface area contributed by atoms with E-state index in [4.69, 9.17) is 0 Å². The minimum absolute atomic E-state index is 0.150. The smallest absolute Gasteiger partial charge is 0.406 e. The highest BCUT2D eigenvalue weighted by molar-refractivity contribution is 5.43.